The lowest BCUT2D eigenvalue weighted by Gasteiger charge is -2.41. The van der Waals surface area contributed by atoms with Crippen LogP contribution < -0.4 is 0 Å². The second-order valence-corrected chi connectivity index (χ2v) is 6.40. The lowest BCUT2D eigenvalue weighted by Crippen LogP contribution is -2.49. The van der Waals surface area contributed by atoms with Gasteiger partial charge in [0.1, 0.15) is 6.10 Å². The summed E-state index contributed by atoms with van der Waals surface area (Å²) >= 11 is 0. The van der Waals surface area contributed by atoms with Crippen molar-refractivity contribution in [1.82, 2.24) is 0 Å². The zero-order valence-electron chi connectivity index (χ0n) is 12.8. The van der Waals surface area contributed by atoms with Gasteiger partial charge in [-0.3, -0.25) is 0 Å². The van der Waals surface area contributed by atoms with Gasteiger partial charge in [0, 0.05) is 0 Å². The van der Waals surface area contributed by atoms with E-state index in [1.807, 2.05) is 58.0 Å². The minimum atomic E-state index is -0.829. The van der Waals surface area contributed by atoms with Crippen molar-refractivity contribution in [3.05, 3.63) is 35.9 Å². The third kappa shape index (κ3) is 3.40. The molecule has 0 aromatic heterocycles. The minimum Gasteiger partial charge on any atom is -0.456 e. The van der Waals surface area contributed by atoms with E-state index in [-0.39, 0.29) is 17.7 Å². The second-order valence-electron chi connectivity index (χ2n) is 6.40. The van der Waals surface area contributed by atoms with Gasteiger partial charge in [0.25, 0.3) is 0 Å². The Labute approximate surface area is 121 Å². The summed E-state index contributed by atoms with van der Waals surface area (Å²) in [4.78, 5) is 12.4. The summed E-state index contributed by atoms with van der Waals surface area (Å²) in [6, 6.07) is 9.77. The smallest absolute Gasteiger partial charge is 0.338 e. The monoisotopic (exact) mass is 276 g/mol. The SMILES string of the molecule is CC(OC(=O)C1(C)CCCC(C)(C)O1)c1ccccc1. The first-order valence-corrected chi connectivity index (χ1v) is 7.29. The molecule has 2 rings (SSSR count). The molecule has 1 heterocycles. The van der Waals surface area contributed by atoms with Crippen LogP contribution in [0.3, 0.4) is 0 Å². The van der Waals surface area contributed by atoms with Crippen LogP contribution in [0.5, 0.6) is 0 Å². The number of carbonyl (C=O) groups excluding carboxylic acids is 1. The van der Waals surface area contributed by atoms with Crippen molar-refractivity contribution in [3.8, 4) is 0 Å². The molecule has 0 N–H and O–H groups in total. The average Bonchev–Trinajstić information content (AvgIpc) is 2.38. The first kappa shape index (κ1) is 15.0. The zero-order chi connectivity index (χ0) is 14.8. The molecule has 1 fully saturated rings. The highest BCUT2D eigenvalue weighted by molar-refractivity contribution is 5.79. The van der Waals surface area contributed by atoms with E-state index in [1.54, 1.807) is 0 Å². The fourth-order valence-corrected chi connectivity index (χ4v) is 2.78. The van der Waals surface area contributed by atoms with Gasteiger partial charge < -0.3 is 9.47 Å². The molecule has 20 heavy (non-hydrogen) atoms. The maximum Gasteiger partial charge on any atom is 0.338 e. The molecule has 0 spiro atoms. The lowest BCUT2D eigenvalue weighted by atomic mass is 9.88. The van der Waals surface area contributed by atoms with Crippen LogP contribution in [0, 0.1) is 0 Å². The molecule has 3 heteroatoms. The highest BCUT2D eigenvalue weighted by Crippen LogP contribution is 2.36. The van der Waals surface area contributed by atoms with E-state index in [2.05, 4.69) is 0 Å². The first-order valence-electron chi connectivity index (χ1n) is 7.29. The van der Waals surface area contributed by atoms with E-state index >= 15 is 0 Å². The topological polar surface area (TPSA) is 35.5 Å². The lowest BCUT2D eigenvalue weighted by molar-refractivity contribution is -0.206. The Bertz CT molecular complexity index is 466. The fourth-order valence-electron chi connectivity index (χ4n) is 2.78. The van der Waals surface area contributed by atoms with Crippen molar-refractivity contribution >= 4 is 5.97 Å². The van der Waals surface area contributed by atoms with Gasteiger partial charge in [0.05, 0.1) is 5.60 Å². The van der Waals surface area contributed by atoms with Crippen LogP contribution in [0.4, 0.5) is 0 Å². The van der Waals surface area contributed by atoms with Gasteiger partial charge in [-0.2, -0.15) is 0 Å². The number of hydrogen-bond donors (Lipinski definition) is 0. The molecule has 110 valence electrons. The fraction of sp³-hybridized carbons (Fsp3) is 0.588. The minimum absolute atomic E-state index is 0.255. The van der Waals surface area contributed by atoms with Crippen LogP contribution in [-0.2, 0) is 14.3 Å². The highest BCUT2D eigenvalue weighted by Gasteiger charge is 2.44. The van der Waals surface area contributed by atoms with Crippen molar-refractivity contribution in [2.45, 2.75) is 64.3 Å². The van der Waals surface area contributed by atoms with Crippen molar-refractivity contribution in [3.63, 3.8) is 0 Å². The van der Waals surface area contributed by atoms with Crippen molar-refractivity contribution < 1.29 is 14.3 Å². The molecule has 1 aromatic carbocycles. The first-order chi connectivity index (χ1) is 9.32. The molecular weight excluding hydrogens is 252 g/mol. The van der Waals surface area contributed by atoms with E-state index in [1.165, 1.54) is 0 Å². The summed E-state index contributed by atoms with van der Waals surface area (Å²) < 4.78 is 11.6. The van der Waals surface area contributed by atoms with E-state index in [0.717, 1.165) is 24.8 Å². The maximum atomic E-state index is 12.4. The van der Waals surface area contributed by atoms with Crippen molar-refractivity contribution in [2.24, 2.45) is 0 Å². The molecule has 2 unspecified atom stereocenters. The number of esters is 1. The Morgan fingerprint density at radius 2 is 1.85 bits per heavy atom. The molecule has 2 atom stereocenters. The van der Waals surface area contributed by atoms with Gasteiger partial charge in [0.15, 0.2) is 5.60 Å². The second kappa shape index (κ2) is 5.57. The summed E-state index contributed by atoms with van der Waals surface area (Å²) in [5.74, 6) is -0.262. The molecule has 0 aliphatic carbocycles. The zero-order valence-corrected chi connectivity index (χ0v) is 12.8. The molecular formula is C17H24O3. The Kier molecular flexibility index (Phi) is 4.19. The molecule has 3 nitrogen and oxygen atoms in total. The van der Waals surface area contributed by atoms with Crippen LogP contribution in [0.2, 0.25) is 0 Å². The summed E-state index contributed by atoms with van der Waals surface area (Å²) in [5, 5.41) is 0. The van der Waals surface area contributed by atoms with Gasteiger partial charge in [-0.15, -0.1) is 0 Å². The predicted molar refractivity (Wildman–Crippen MR) is 78.4 cm³/mol. The van der Waals surface area contributed by atoms with Gasteiger partial charge in [0.2, 0.25) is 0 Å². The number of benzene rings is 1. The quantitative estimate of drug-likeness (QED) is 0.782. The molecule has 0 radical (unpaired) electrons. The molecule has 1 aromatic rings. The summed E-state index contributed by atoms with van der Waals surface area (Å²) in [5.41, 5.74) is -0.0909. The van der Waals surface area contributed by atoms with E-state index < -0.39 is 5.60 Å². The predicted octanol–water partition coefficient (Wildman–Crippen LogP) is 4.03. The van der Waals surface area contributed by atoms with Crippen LogP contribution >= 0.6 is 0 Å². The molecule has 0 amide bonds. The largest absolute Gasteiger partial charge is 0.456 e. The summed E-state index contributed by atoms with van der Waals surface area (Å²) in [6.07, 6.45) is 2.42. The van der Waals surface area contributed by atoms with Crippen LogP contribution in [0.1, 0.15) is 58.6 Å². The van der Waals surface area contributed by atoms with E-state index in [4.69, 9.17) is 9.47 Å². The van der Waals surface area contributed by atoms with E-state index in [0.29, 0.717) is 0 Å². The molecule has 0 bridgehead atoms. The number of rotatable bonds is 3. The Morgan fingerprint density at radius 1 is 1.20 bits per heavy atom. The Hall–Kier alpha value is -1.35. The van der Waals surface area contributed by atoms with E-state index in [9.17, 15) is 4.79 Å². The third-order valence-corrected chi connectivity index (χ3v) is 3.92. The summed E-state index contributed by atoms with van der Waals surface area (Å²) in [6.45, 7) is 7.79. The number of carbonyl (C=O) groups is 1. The molecule has 1 aliphatic rings. The average molecular weight is 276 g/mol. The standard InChI is InChI=1S/C17H24O3/c1-13(14-9-6-5-7-10-14)19-15(18)17(4)12-8-11-16(2,3)20-17/h5-7,9-10,13H,8,11-12H2,1-4H3. The van der Waals surface area contributed by atoms with Gasteiger partial charge in [-0.1, -0.05) is 30.3 Å². The van der Waals surface area contributed by atoms with Crippen LogP contribution in [0.15, 0.2) is 30.3 Å². The maximum absolute atomic E-state index is 12.4. The molecule has 0 saturated carbocycles. The van der Waals surface area contributed by atoms with Crippen LogP contribution in [-0.4, -0.2) is 17.2 Å². The third-order valence-electron chi connectivity index (χ3n) is 3.92. The normalized spacial score (nSPS) is 26.8. The van der Waals surface area contributed by atoms with Gasteiger partial charge in [-0.25, -0.2) is 4.79 Å². The van der Waals surface area contributed by atoms with Crippen molar-refractivity contribution in [2.75, 3.05) is 0 Å². The molecule has 1 saturated heterocycles. The Balaban J connectivity index is 2.04. The van der Waals surface area contributed by atoms with Gasteiger partial charge >= 0.3 is 5.97 Å². The summed E-state index contributed by atoms with van der Waals surface area (Å²) in [7, 11) is 0. The molecule has 1 aliphatic heterocycles. The van der Waals surface area contributed by atoms with Crippen molar-refractivity contribution in [1.29, 1.82) is 0 Å². The number of ether oxygens (including phenoxy) is 2. The Morgan fingerprint density at radius 3 is 2.45 bits per heavy atom. The highest BCUT2D eigenvalue weighted by atomic mass is 16.6. The van der Waals surface area contributed by atoms with Gasteiger partial charge in [-0.05, 0) is 52.5 Å². The van der Waals surface area contributed by atoms with Crippen LogP contribution in [0.25, 0.3) is 0 Å². The number of hydrogen-bond acceptors (Lipinski definition) is 3.